The van der Waals surface area contributed by atoms with E-state index in [1.807, 2.05) is 42.9 Å². The number of rotatable bonds is 8. The van der Waals surface area contributed by atoms with Gasteiger partial charge in [0, 0.05) is 42.6 Å². The van der Waals surface area contributed by atoms with Gasteiger partial charge in [0.25, 0.3) is 0 Å². The SMILES string of the molecule is Cc1c(-c2cn(C)cn2)cccc1C(Nc1cc(C#N)c2ncc(C#N)c(NCC(C)(C)C)c2c1)c1cn(C2(C(F)(F)F)CC2)nn1. The van der Waals surface area contributed by atoms with Crippen LogP contribution in [-0.2, 0) is 12.6 Å². The largest absolute Gasteiger partial charge is 0.413 e. The third kappa shape index (κ3) is 5.85. The van der Waals surface area contributed by atoms with Crippen molar-refractivity contribution in [1.29, 1.82) is 10.5 Å². The van der Waals surface area contributed by atoms with Crippen LogP contribution in [0.4, 0.5) is 24.5 Å². The molecule has 5 aromatic rings. The van der Waals surface area contributed by atoms with Crippen molar-refractivity contribution >= 4 is 22.3 Å². The number of hydrogen-bond acceptors (Lipinski definition) is 8. The van der Waals surface area contributed by atoms with Crippen molar-refractivity contribution in [1.82, 2.24) is 29.5 Å². The molecule has 2 N–H and O–H groups in total. The van der Waals surface area contributed by atoms with Gasteiger partial charge in [-0.1, -0.05) is 44.2 Å². The summed E-state index contributed by atoms with van der Waals surface area (Å²) in [6.07, 6.45) is 1.77. The van der Waals surface area contributed by atoms with E-state index in [2.05, 4.69) is 63.8 Å². The van der Waals surface area contributed by atoms with Crippen LogP contribution in [0.15, 0.2) is 55.2 Å². The minimum Gasteiger partial charge on any atom is -0.383 e. The molecule has 0 saturated heterocycles. The maximum atomic E-state index is 14.1. The second-order valence-corrected chi connectivity index (χ2v) is 13.2. The molecule has 0 radical (unpaired) electrons. The lowest BCUT2D eigenvalue weighted by Crippen LogP contribution is -2.35. The highest BCUT2D eigenvalue weighted by Crippen LogP contribution is 2.55. The number of alkyl halides is 3. The average molecular weight is 639 g/mol. The Kier molecular flexibility index (Phi) is 7.67. The molecule has 1 fully saturated rings. The Bertz CT molecular complexity index is 2070. The van der Waals surface area contributed by atoms with Crippen molar-refractivity contribution in [2.24, 2.45) is 12.5 Å². The van der Waals surface area contributed by atoms with Gasteiger partial charge in [0.05, 0.1) is 46.6 Å². The highest BCUT2D eigenvalue weighted by Gasteiger charge is 2.66. The number of anilines is 2. The lowest BCUT2D eigenvalue weighted by Gasteiger charge is -2.23. The molecule has 1 aliphatic rings. The van der Waals surface area contributed by atoms with Crippen molar-refractivity contribution < 1.29 is 13.2 Å². The first-order valence-electron chi connectivity index (χ1n) is 15.1. The molecular weight excluding hydrogens is 605 g/mol. The number of imidazole rings is 1. The number of aryl methyl sites for hydroxylation is 1. The lowest BCUT2D eigenvalue weighted by molar-refractivity contribution is -0.182. The summed E-state index contributed by atoms with van der Waals surface area (Å²) in [4.78, 5) is 8.93. The standard InChI is InChI=1S/C34H33F3N10/c1-20-24(27-16-46(5)19-42-27)7-6-8-25(20)31(28-17-47(45-44-28)33(9-10-33)34(35,36)37)43-23-11-21(13-38)29-26(12-23)30(22(14-39)15-40-29)41-18-32(2,3)4/h6-8,11-12,15-17,19,31,43H,9-10,18H2,1-5H3,(H,40,41). The van der Waals surface area contributed by atoms with Crippen LogP contribution in [0, 0.1) is 35.0 Å². The van der Waals surface area contributed by atoms with Gasteiger partial charge in [0.1, 0.15) is 17.8 Å². The summed E-state index contributed by atoms with van der Waals surface area (Å²) in [6.45, 7) is 8.66. The van der Waals surface area contributed by atoms with E-state index in [1.54, 1.807) is 18.5 Å². The van der Waals surface area contributed by atoms with E-state index in [0.717, 1.165) is 27.1 Å². The Labute approximate surface area is 269 Å². The summed E-state index contributed by atoms with van der Waals surface area (Å²) >= 11 is 0. The Morgan fingerprint density at radius 3 is 2.40 bits per heavy atom. The number of nitrogens with zero attached hydrogens (tertiary/aromatic N) is 8. The number of pyridine rings is 1. The molecule has 13 heteroatoms. The summed E-state index contributed by atoms with van der Waals surface area (Å²) in [5, 5.41) is 35.7. The van der Waals surface area contributed by atoms with E-state index in [0.29, 0.717) is 34.4 Å². The summed E-state index contributed by atoms with van der Waals surface area (Å²) in [5.74, 6) is 0. The van der Waals surface area contributed by atoms with Gasteiger partial charge in [-0.15, -0.1) is 5.10 Å². The molecular formula is C34H33F3N10. The second-order valence-electron chi connectivity index (χ2n) is 13.2. The van der Waals surface area contributed by atoms with Crippen LogP contribution in [0.5, 0.6) is 0 Å². The average Bonchev–Trinajstić information content (AvgIpc) is 3.51. The third-order valence-corrected chi connectivity index (χ3v) is 8.48. The molecule has 0 bridgehead atoms. The molecule has 3 heterocycles. The fraction of sp³-hybridized carbons (Fsp3) is 0.353. The minimum absolute atomic E-state index is 0.0691. The molecule has 3 aromatic heterocycles. The monoisotopic (exact) mass is 638 g/mol. The van der Waals surface area contributed by atoms with Gasteiger partial charge in [-0.2, -0.15) is 23.7 Å². The van der Waals surface area contributed by atoms with E-state index in [4.69, 9.17) is 0 Å². The zero-order valence-electron chi connectivity index (χ0n) is 26.6. The maximum absolute atomic E-state index is 14.1. The van der Waals surface area contributed by atoms with Gasteiger partial charge < -0.3 is 15.2 Å². The number of aromatic nitrogens is 6. The van der Waals surface area contributed by atoms with E-state index in [1.165, 1.54) is 12.4 Å². The highest BCUT2D eigenvalue weighted by atomic mass is 19.4. The molecule has 2 aromatic carbocycles. The Morgan fingerprint density at radius 1 is 1.04 bits per heavy atom. The number of nitrogens with one attached hydrogen (secondary N) is 2. The highest BCUT2D eigenvalue weighted by molar-refractivity contribution is 5.99. The molecule has 0 amide bonds. The third-order valence-electron chi connectivity index (χ3n) is 8.48. The van der Waals surface area contributed by atoms with E-state index in [9.17, 15) is 23.7 Å². The molecule has 1 unspecified atom stereocenters. The Morgan fingerprint density at radius 2 is 1.79 bits per heavy atom. The molecule has 1 aliphatic carbocycles. The van der Waals surface area contributed by atoms with Crippen LogP contribution in [0.3, 0.4) is 0 Å². The summed E-state index contributed by atoms with van der Waals surface area (Å²) < 4.78 is 44.9. The summed E-state index contributed by atoms with van der Waals surface area (Å²) in [5.41, 5.74) is 3.31. The second kappa shape index (κ2) is 11.4. The van der Waals surface area contributed by atoms with Crippen molar-refractivity contribution in [3.05, 3.63) is 83.2 Å². The maximum Gasteiger partial charge on any atom is 0.413 e. The van der Waals surface area contributed by atoms with Crippen LogP contribution in [0.25, 0.3) is 22.2 Å². The normalized spacial score (nSPS) is 14.8. The molecule has 0 spiro atoms. The zero-order valence-corrected chi connectivity index (χ0v) is 26.6. The van der Waals surface area contributed by atoms with Gasteiger partial charge in [-0.3, -0.25) is 4.98 Å². The van der Waals surface area contributed by atoms with Crippen LogP contribution in [0.1, 0.15) is 67.6 Å². The van der Waals surface area contributed by atoms with Crippen LogP contribution >= 0.6 is 0 Å². The Balaban J connectivity index is 1.51. The van der Waals surface area contributed by atoms with E-state index >= 15 is 0 Å². The summed E-state index contributed by atoms with van der Waals surface area (Å²) in [7, 11) is 1.87. The fourth-order valence-corrected chi connectivity index (χ4v) is 5.75. The molecule has 0 aliphatic heterocycles. The molecule has 1 atom stereocenters. The number of benzene rings is 2. The Hall–Kier alpha value is -5.43. The first-order chi connectivity index (χ1) is 22.2. The van der Waals surface area contributed by atoms with Crippen molar-refractivity contribution in [3.8, 4) is 23.4 Å². The summed E-state index contributed by atoms with van der Waals surface area (Å²) in [6, 6.07) is 12.8. The molecule has 10 nitrogen and oxygen atoms in total. The number of hydrogen-bond donors (Lipinski definition) is 2. The predicted molar refractivity (Wildman–Crippen MR) is 171 cm³/mol. The lowest BCUT2D eigenvalue weighted by atomic mass is 9.93. The van der Waals surface area contributed by atoms with Gasteiger partial charge in [-0.25, -0.2) is 9.67 Å². The van der Waals surface area contributed by atoms with E-state index in [-0.39, 0.29) is 29.5 Å². The quantitative estimate of drug-likeness (QED) is 0.186. The van der Waals surface area contributed by atoms with Gasteiger partial charge in [0.2, 0.25) is 0 Å². The van der Waals surface area contributed by atoms with Crippen molar-refractivity contribution in [3.63, 3.8) is 0 Å². The van der Waals surface area contributed by atoms with Crippen molar-refractivity contribution in [2.75, 3.05) is 17.2 Å². The van der Waals surface area contributed by atoms with Crippen LogP contribution in [-0.4, -0.2) is 42.2 Å². The smallest absolute Gasteiger partial charge is 0.383 e. The molecule has 6 rings (SSSR count). The van der Waals surface area contributed by atoms with Crippen LogP contribution < -0.4 is 10.6 Å². The van der Waals surface area contributed by atoms with E-state index < -0.39 is 17.8 Å². The van der Waals surface area contributed by atoms with Crippen LogP contribution in [0.2, 0.25) is 0 Å². The number of halogens is 3. The molecule has 47 heavy (non-hydrogen) atoms. The zero-order chi connectivity index (χ0) is 33.7. The first-order valence-corrected chi connectivity index (χ1v) is 15.1. The molecule has 240 valence electrons. The van der Waals surface area contributed by atoms with Gasteiger partial charge in [-0.05, 0) is 48.4 Å². The fourth-order valence-electron chi connectivity index (χ4n) is 5.75. The predicted octanol–water partition coefficient (Wildman–Crippen LogP) is 6.99. The molecule has 1 saturated carbocycles. The van der Waals surface area contributed by atoms with Gasteiger partial charge >= 0.3 is 6.18 Å². The van der Waals surface area contributed by atoms with Gasteiger partial charge in [0.15, 0.2) is 5.54 Å². The topological polar surface area (TPSA) is 133 Å². The number of nitriles is 2. The first kappa shape index (κ1) is 31.5. The minimum atomic E-state index is -4.47. The van der Waals surface area contributed by atoms with Crippen molar-refractivity contribution in [2.45, 2.75) is 58.3 Å². The number of fused-ring (bicyclic) bond motifs is 1.